The summed E-state index contributed by atoms with van der Waals surface area (Å²) in [6.07, 6.45) is 7.48. The van der Waals surface area contributed by atoms with Crippen molar-refractivity contribution >= 4 is 5.96 Å². The van der Waals surface area contributed by atoms with Gasteiger partial charge in [0.1, 0.15) is 5.82 Å². The molecule has 0 saturated heterocycles. The van der Waals surface area contributed by atoms with Gasteiger partial charge in [0.05, 0.1) is 0 Å². The fourth-order valence-corrected chi connectivity index (χ4v) is 3.63. The van der Waals surface area contributed by atoms with Crippen molar-refractivity contribution in [3.05, 3.63) is 35.6 Å². The summed E-state index contributed by atoms with van der Waals surface area (Å²) in [5.74, 6) is 0.622. The molecule has 1 aliphatic rings. The van der Waals surface area contributed by atoms with Crippen molar-refractivity contribution in [3.63, 3.8) is 0 Å². The van der Waals surface area contributed by atoms with Crippen LogP contribution in [0.25, 0.3) is 0 Å². The number of aliphatic hydroxyl groups excluding tert-OH is 1. The van der Waals surface area contributed by atoms with Crippen LogP contribution >= 0.6 is 0 Å². The van der Waals surface area contributed by atoms with Gasteiger partial charge in [-0.3, -0.25) is 4.99 Å². The van der Waals surface area contributed by atoms with Crippen molar-refractivity contribution in [3.8, 4) is 0 Å². The second-order valence-corrected chi connectivity index (χ2v) is 7.00. The molecule has 0 aliphatic heterocycles. The SMILES string of the molecule is CCNC(=NCC1(CCO)CCCCC1)NCCc1ccccc1F. The molecular weight excluding hydrogens is 317 g/mol. The highest BCUT2D eigenvalue weighted by atomic mass is 19.1. The summed E-state index contributed by atoms with van der Waals surface area (Å²) in [6, 6.07) is 6.89. The van der Waals surface area contributed by atoms with Gasteiger partial charge in [-0.25, -0.2) is 4.39 Å². The van der Waals surface area contributed by atoms with E-state index in [9.17, 15) is 9.50 Å². The van der Waals surface area contributed by atoms with Crippen molar-refractivity contribution in [2.75, 3.05) is 26.2 Å². The standard InChI is InChI=1S/C20H32FN3O/c1-2-22-19(23-14-10-17-8-4-5-9-18(17)21)24-16-20(13-15-25)11-6-3-7-12-20/h4-5,8-9,25H,2-3,6-7,10-16H2,1H3,(H2,22,23,24). The molecule has 0 radical (unpaired) electrons. The largest absolute Gasteiger partial charge is 0.396 e. The molecule has 1 saturated carbocycles. The zero-order valence-corrected chi connectivity index (χ0v) is 15.4. The normalized spacial score (nSPS) is 17.3. The topological polar surface area (TPSA) is 56.7 Å². The van der Waals surface area contributed by atoms with Crippen LogP contribution in [0.5, 0.6) is 0 Å². The molecule has 1 aliphatic carbocycles. The van der Waals surface area contributed by atoms with Gasteiger partial charge in [-0.05, 0) is 49.7 Å². The summed E-state index contributed by atoms with van der Waals surface area (Å²) in [4.78, 5) is 4.77. The van der Waals surface area contributed by atoms with E-state index in [1.807, 2.05) is 19.1 Å². The quantitative estimate of drug-likeness (QED) is 0.499. The highest BCUT2D eigenvalue weighted by Crippen LogP contribution is 2.39. The van der Waals surface area contributed by atoms with E-state index in [1.54, 1.807) is 6.07 Å². The monoisotopic (exact) mass is 349 g/mol. The van der Waals surface area contributed by atoms with E-state index in [1.165, 1.54) is 25.3 Å². The Bertz CT molecular complexity index is 536. The Labute approximate surface area is 150 Å². The first kappa shape index (κ1) is 19.7. The van der Waals surface area contributed by atoms with Gasteiger partial charge >= 0.3 is 0 Å². The zero-order valence-electron chi connectivity index (χ0n) is 15.4. The molecule has 0 atom stereocenters. The Kier molecular flexibility index (Phi) is 8.19. The molecule has 1 aromatic rings. The number of hydrogen-bond donors (Lipinski definition) is 3. The van der Waals surface area contributed by atoms with E-state index < -0.39 is 0 Å². The van der Waals surface area contributed by atoms with E-state index in [0.717, 1.165) is 43.9 Å². The maximum Gasteiger partial charge on any atom is 0.191 e. The van der Waals surface area contributed by atoms with Crippen molar-refractivity contribution in [1.29, 1.82) is 0 Å². The van der Waals surface area contributed by atoms with E-state index >= 15 is 0 Å². The Morgan fingerprint density at radius 3 is 2.64 bits per heavy atom. The minimum atomic E-state index is -0.157. The van der Waals surface area contributed by atoms with E-state index in [2.05, 4.69) is 10.6 Å². The van der Waals surface area contributed by atoms with Crippen molar-refractivity contribution in [1.82, 2.24) is 10.6 Å². The molecule has 0 bridgehead atoms. The first-order valence-electron chi connectivity index (χ1n) is 9.55. The summed E-state index contributed by atoms with van der Waals surface area (Å²) in [5.41, 5.74) is 0.857. The van der Waals surface area contributed by atoms with Crippen molar-refractivity contribution in [2.45, 2.75) is 51.9 Å². The molecule has 0 unspecified atom stereocenters. The van der Waals surface area contributed by atoms with Crippen molar-refractivity contribution in [2.24, 2.45) is 10.4 Å². The first-order valence-corrected chi connectivity index (χ1v) is 9.55. The molecule has 25 heavy (non-hydrogen) atoms. The minimum Gasteiger partial charge on any atom is -0.396 e. The third-order valence-corrected chi connectivity index (χ3v) is 5.12. The predicted octanol–water partition coefficient (Wildman–Crippen LogP) is 3.26. The van der Waals surface area contributed by atoms with Crippen LogP contribution in [0.1, 0.15) is 51.0 Å². The van der Waals surface area contributed by atoms with E-state index in [0.29, 0.717) is 13.0 Å². The van der Waals surface area contributed by atoms with Gasteiger partial charge in [0.2, 0.25) is 0 Å². The van der Waals surface area contributed by atoms with Gasteiger partial charge in [-0.1, -0.05) is 37.5 Å². The van der Waals surface area contributed by atoms with Gasteiger partial charge in [-0.15, -0.1) is 0 Å². The van der Waals surface area contributed by atoms with Crippen LogP contribution in [0, 0.1) is 11.2 Å². The Hall–Kier alpha value is -1.62. The Morgan fingerprint density at radius 2 is 1.96 bits per heavy atom. The average Bonchev–Trinajstić information content (AvgIpc) is 2.62. The second kappa shape index (κ2) is 10.4. The van der Waals surface area contributed by atoms with Gasteiger partial charge in [0.15, 0.2) is 5.96 Å². The van der Waals surface area contributed by atoms with Crippen LogP contribution in [0.15, 0.2) is 29.3 Å². The van der Waals surface area contributed by atoms with E-state index in [4.69, 9.17) is 4.99 Å². The fraction of sp³-hybridized carbons (Fsp3) is 0.650. The molecule has 3 N–H and O–H groups in total. The lowest BCUT2D eigenvalue weighted by Gasteiger charge is -2.35. The predicted molar refractivity (Wildman–Crippen MR) is 101 cm³/mol. The molecule has 4 nitrogen and oxygen atoms in total. The third-order valence-electron chi connectivity index (χ3n) is 5.12. The second-order valence-electron chi connectivity index (χ2n) is 7.00. The zero-order chi connectivity index (χ0) is 18.0. The van der Waals surface area contributed by atoms with Crippen LogP contribution in [-0.4, -0.2) is 37.3 Å². The number of rotatable bonds is 8. The summed E-state index contributed by atoms with van der Waals surface area (Å²) < 4.78 is 13.7. The molecule has 5 heteroatoms. The number of aliphatic hydroxyl groups is 1. The average molecular weight is 349 g/mol. The molecule has 0 heterocycles. The number of hydrogen-bond acceptors (Lipinski definition) is 2. The Morgan fingerprint density at radius 1 is 1.20 bits per heavy atom. The lowest BCUT2D eigenvalue weighted by atomic mass is 9.72. The molecular formula is C20H32FN3O. The van der Waals surface area contributed by atoms with Gasteiger partial charge < -0.3 is 15.7 Å². The number of nitrogens with one attached hydrogen (secondary N) is 2. The molecule has 1 aromatic carbocycles. The number of guanidine groups is 1. The lowest BCUT2D eigenvalue weighted by Crippen LogP contribution is -2.40. The molecule has 1 fully saturated rings. The molecule has 2 rings (SSSR count). The fourth-order valence-electron chi connectivity index (χ4n) is 3.63. The van der Waals surface area contributed by atoms with E-state index in [-0.39, 0.29) is 17.8 Å². The summed E-state index contributed by atoms with van der Waals surface area (Å²) in [6.45, 7) is 4.44. The van der Waals surface area contributed by atoms with Crippen LogP contribution < -0.4 is 10.6 Å². The molecule has 0 aromatic heterocycles. The Balaban J connectivity index is 1.91. The van der Waals surface area contributed by atoms with Crippen LogP contribution in [0.4, 0.5) is 4.39 Å². The summed E-state index contributed by atoms with van der Waals surface area (Å²) in [5, 5.41) is 16.0. The minimum absolute atomic E-state index is 0.140. The lowest BCUT2D eigenvalue weighted by molar-refractivity contribution is 0.137. The van der Waals surface area contributed by atoms with Crippen molar-refractivity contribution < 1.29 is 9.50 Å². The molecule has 0 spiro atoms. The van der Waals surface area contributed by atoms with Crippen LogP contribution in [0.2, 0.25) is 0 Å². The van der Waals surface area contributed by atoms with Gasteiger partial charge in [0.25, 0.3) is 0 Å². The summed E-state index contributed by atoms with van der Waals surface area (Å²) in [7, 11) is 0. The van der Waals surface area contributed by atoms with Gasteiger partial charge in [0, 0.05) is 26.2 Å². The first-order chi connectivity index (χ1) is 12.2. The third kappa shape index (κ3) is 6.31. The van der Waals surface area contributed by atoms with Gasteiger partial charge in [-0.2, -0.15) is 0 Å². The number of nitrogens with zero attached hydrogens (tertiary/aromatic N) is 1. The summed E-state index contributed by atoms with van der Waals surface area (Å²) >= 11 is 0. The van der Waals surface area contributed by atoms with Crippen LogP contribution in [-0.2, 0) is 6.42 Å². The molecule has 0 amide bonds. The maximum atomic E-state index is 13.7. The smallest absolute Gasteiger partial charge is 0.191 e. The molecule has 140 valence electrons. The highest BCUT2D eigenvalue weighted by molar-refractivity contribution is 5.79. The number of halogens is 1. The highest BCUT2D eigenvalue weighted by Gasteiger charge is 2.31. The number of benzene rings is 1. The maximum absolute atomic E-state index is 13.7. The van der Waals surface area contributed by atoms with Crippen LogP contribution in [0.3, 0.4) is 0 Å². The number of aliphatic imine (C=N–C) groups is 1.